The van der Waals surface area contributed by atoms with Crippen molar-refractivity contribution >= 4 is 11.6 Å². The minimum Gasteiger partial charge on any atom is -0.380 e. The summed E-state index contributed by atoms with van der Waals surface area (Å²) in [6.45, 7) is 0.930. The summed E-state index contributed by atoms with van der Waals surface area (Å²) < 4.78 is 5.42. The molecule has 1 rings (SSSR count). The van der Waals surface area contributed by atoms with Gasteiger partial charge in [0, 0.05) is 18.7 Å². The molecule has 0 spiro atoms. The summed E-state index contributed by atoms with van der Waals surface area (Å²) in [4.78, 5) is 2.13. The Morgan fingerprint density at radius 3 is 2.33 bits per heavy atom. The second kappa shape index (κ2) is 6.11. The highest BCUT2D eigenvalue weighted by molar-refractivity contribution is 6.30. The molecule has 0 saturated heterocycles. The van der Waals surface area contributed by atoms with Crippen LogP contribution in [-0.2, 0) is 11.2 Å². The number of rotatable bonds is 5. The topological polar surface area (TPSA) is 12.5 Å². The van der Waals surface area contributed by atoms with Crippen molar-refractivity contribution < 1.29 is 4.74 Å². The molecule has 0 fully saturated rings. The number of hydrogen-bond acceptors (Lipinski definition) is 2. The van der Waals surface area contributed by atoms with Crippen LogP contribution < -0.4 is 0 Å². The number of halogens is 1. The van der Waals surface area contributed by atoms with E-state index in [9.17, 15) is 0 Å². The molecule has 2 nitrogen and oxygen atoms in total. The summed E-state index contributed by atoms with van der Waals surface area (Å²) in [6, 6.07) is 7.92. The van der Waals surface area contributed by atoms with Crippen LogP contribution in [0.1, 0.15) is 5.56 Å². The van der Waals surface area contributed by atoms with Crippen LogP contribution >= 0.6 is 11.6 Å². The van der Waals surface area contributed by atoms with Gasteiger partial charge >= 0.3 is 0 Å². The zero-order valence-corrected chi connectivity index (χ0v) is 10.3. The molecule has 1 aromatic carbocycles. The van der Waals surface area contributed by atoms with Gasteiger partial charge in [-0.2, -0.15) is 0 Å². The second-order valence-electron chi connectivity index (χ2n) is 3.95. The smallest absolute Gasteiger partial charge is 0.0738 e. The molecule has 0 radical (unpaired) electrons. The van der Waals surface area contributed by atoms with Crippen molar-refractivity contribution in [1.29, 1.82) is 0 Å². The van der Waals surface area contributed by atoms with Crippen LogP contribution in [0.15, 0.2) is 24.3 Å². The number of hydrogen-bond donors (Lipinski definition) is 0. The fourth-order valence-corrected chi connectivity index (χ4v) is 1.64. The molecule has 0 aliphatic rings. The van der Waals surface area contributed by atoms with Crippen molar-refractivity contribution in [3.05, 3.63) is 34.9 Å². The van der Waals surface area contributed by atoms with Gasteiger partial charge in [0.25, 0.3) is 0 Å². The van der Waals surface area contributed by atoms with Crippen LogP contribution in [0, 0.1) is 0 Å². The predicted octanol–water partition coefficient (Wildman–Crippen LogP) is 2.46. The van der Waals surface area contributed by atoms with Crippen molar-refractivity contribution in [2.24, 2.45) is 0 Å². The molecule has 0 aliphatic heterocycles. The summed E-state index contributed by atoms with van der Waals surface area (Å²) in [6.07, 6.45) is 1.16. The number of ether oxygens (including phenoxy) is 1. The van der Waals surface area contributed by atoms with Crippen LogP contribution in [-0.4, -0.2) is 38.8 Å². The van der Waals surface area contributed by atoms with Crippen LogP contribution in [0.25, 0.3) is 0 Å². The molecule has 84 valence electrons. The van der Waals surface area contributed by atoms with E-state index in [1.807, 2.05) is 38.4 Å². The van der Waals surface area contributed by atoms with Crippen molar-refractivity contribution in [2.75, 3.05) is 27.7 Å². The van der Waals surface area contributed by atoms with Gasteiger partial charge in [0.15, 0.2) is 0 Å². The van der Waals surface area contributed by atoms with Gasteiger partial charge in [0.2, 0.25) is 0 Å². The van der Waals surface area contributed by atoms with Gasteiger partial charge in [-0.3, -0.25) is 0 Å². The average Bonchev–Trinajstić information content (AvgIpc) is 2.19. The van der Waals surface area contributed by atoms with Crippen molar-refractivity contribution in [1.82, 2.24) is 4.90 Å². The maximum Gasteiger partial charge on any atom is 0.0738 e. The van der Waals surface area contributed by atoms with E-state index in [0.29, 0.717) is 0 Å². The number of likely N-dealkylation sites (N-methyl/N-ethyl adjacent to an activating group) is 1. The lowest BCUT2D eigenvalue weighted by Gasteiger charge is -2.19. The SMILES string of the molecule is COC(Cc1ccc(Cl)cc1)CN(C)C. The van der Waals surface area contributed by atoms with E-state index in [4.69, 9.17) is 16.3 Å². The van der Waals surface area contributed by atoms with Crippen LogP contribution in [0.5, 0.6) is 0 Å². The Balaban J connectivity index is 2.54. The Bertz CT molecular complexity index is 284. The minimum atomic E-state index is 0.237. The minimum absolute atomic E-state index is 0.237. The Morgan fingerprint density at radius 1 is 1.27 bits per heavy atom. The number of methoxy groups -OCH3 is 1. The summed E-state index contributed by atoms with van der Waals surface area (Å²) in [7, 11) is 5.85. The van der Waals surface area contributed by atoms with Crippen molar-refractivity contribution in [3.8, 4) is 0 Å². The van der Waals surface area contributed by atoms with E-state index in [1.54, 1.807) is 7.11 Å². The van der Waals surface area contributed by atoms with Gasteiger partial charge in [-0.1, -0.05) is 23.7 Å². The summed E-state index contributed by atoms with van der Waals surface area (Å²) in [5.41, 5.74) is 1.26. The summed E-state index contributed by atoms with van der Waals surface area (Å²) >= 11 is 5.83. The Kier molecular flexibility index (Phi) is 5.09. The molecule has 1 unspecified atom stereocenters. The van der Waals surface area contributed by atoms with Crippen LogP contribution in [0.4, 0.5) is 0 Å². The molecular formula is C12H18ClNO. The molecule has 1 aromatic rings. The summed E-state index contributed by atoms with van der Waals surface area (Å²) in [5, 5.41) is 0.778. The first-order valence-electron chi connectivity index (χ1n) is 5.04. The van der Waals surface area contributed by atoms with E-state index in [0.717, 1.165) is 18.0 Å². The van der Waals surface area contributed by atoms with Gasteiger partial charge in [0.05, 0.1) is 6.10 Å². The molecule has 0 saturated carbocycles. The first-order valence-corrected chi connectivity index (χ1v) is 5.41. The molecule has 0 heterocycles. The number of benzene rings is 1. The highest BCUT2D eigenvalue weighted by atomic mass is 35.5. The van der Waals surface area contributed by atoms with Gasteiger partial charge in [-0.15, -0.1) is 0 Å². The standard InChI is InChI=1S/C12H18ClNO/c1-14(2)9-12(15-3)8-10-4-6-11(13)7-5-10/h4-7,12H,8-9H2,1-3H3. The van der Waals surface area contributed by atoms with E-state index >= 15 is 0 Å². The molecule has 3 heteroatoms. The Hall–Kier alpha value is -0.570. The molecule has 0 N–H and O–H groups in total. The lowest BCUT2D eigenvalue weighted by molar-refractivity contribution is 0.0788. The monoisotopic (exact) mass is 227 g/mol. The largest absolute Gasteiger partial charge is 0.380 e. The quantitative estimate of drug-likeness (QED) is 0.766. The fraction of sp³-hybridized carbons (Fsp3) is 0.500. The van der Waals surface area contributed by atoms with Gasteiger partial charge in [0.1, 0.15) is 0 Å². The molecule has 0 bridgehead atoms. The predicted molar refractivity (Wildman–Crippen MR) is 64.5 cm³/mol. The van der Waals surface area contributed by atoms with Gasteiger partial charge < -0.3 is 9.64 Å². The van der Waals surface area contributed by atoms with Crippen LogP contribution in [0.3, 0.4) is 0 Å². The average molecular weight is 228 g/mol. The molecular weight excluding hydrogens is 210 g/mol. The van der Waals surface area contributed by atoms with Crippen molar-refractivity contribution in [2.45, 2.75) is 12.5 Å². The fourth-order valence-electron chi connectivity index (χ4n) is 1.51. The molecule has 0 amide bonds. The molecule has 0 aromatic heterocycles. The first kappa shape index (κ1) is 12.5. The second-order valence-corrected chi connectivity index (χ2v) is 4.39. The van der Waals surface area contributed by atoms with E-state index < -0.39 is 0 Å². The Labute approximate surface area is 96.8 Å². The van der Waals surface area contributed by atoms with Gasteiger partial charge in [-0.25, -0.2) is 0 Å². The van der Waals surface area contributed by atoms with E-state index in [1.165, 1.54) is 5.56 Å². The normalized spacial score (nSPS) is 13.1. The first-order chi connectivity index (χ1) is 7.11. The molecule has 1 atom stereocenters. The third kappa shape index (κ3) is 4.65. The Morgan fingerprint density at radius 2 is 1.87 bits per heavy atom. The lowest BCUT2D eigenvalue weighted by Crippen LogP contribution is -2.29. The van der Waals surface area contributed by atoms with Crippen molar-refractivity contribution in [3.63, 3.8) is 0 Å². The maximum absolute atomic E-state index is 5.83. The van der Waals surface area contributed by atoms with Gasteiger partial charge in [-0.05, 0) is 38.2 Å². The third-order valence-electron chi connectivity index (χ3n) is 2.28. The zero-order valence-electron chi connectivity index (χ0n) is 9.53. The lowest BCUT2D eigenvalue weighted by atomic mass is 10.1. The molecule has 15 heavy (non-hydrogen) atoms. The number of nitrogens with zero attached hydrogens (tertiary/aromatic N) is 1. The third-order valence-corrected chi connectivity index (χ3v) is 2.53. The summed E-state index contributed by atoms with van der Waals surface area (Å²) in [5.74, 6) is 0. The maximum atomic E-state index is 5.83. The van der Waals surface area contributed by atoms with E-state index in [2.05, 4.69) is 4.90 Å². The highest BCUT2D eigenvalue weighted by Crippen LogP contribution is 2.12. The van der Waals surface area contributed by atoms with E-state index in [-0.39, 0.29) is 6.10 Å². The van der Waals surface area contributed by atoms with Crippen LogP contribution in [0.2, 0.25) is 5.02 Å². The zero-order chi connectivity index (χ0) is 11.3. The highest BCUT2D eigenvalue weighted by Gasteiger charge is 2.09. The molecule has 0 aliphatic carbocycles.